The van der Waals surface area contributed by atoms with Crippen LogP contribution in [0.4, 0.5) is 4.39 Å². The Hall–Kier alpha value is -2.12. The zero-order valence-electron chi connectivity index (χ0n) is 15.9. The second kappa shape index (κ2) is 7.29. The maximum absolute atomic E-state index is 14.3. The van der Waals surface area contributed by atoms with Crippen molar-refractivity contribution in [2.75, 3.05) is 6.26 Å². The lowest BCUT2D eigenvalue weighted by molar-refractivity contribution is -0.137. The molecule has 1 aromatic carbocycles. The molecule has 2 aliphatic carbocycles. The van der Waals surface area contributed by atoms with Gasteiger partial charge < -0.3 is 9.67 Å². The smallest absolute Gasteiger partial charge is 0.304 e. The Morgan fingerprint density at radius 2 is 2.03 bits per heavy atom. The van der Waals surface area contributed by atoms with E-state index in [2.05, 4.69) is 0 Å². The summed E-state index contributed by atoms with van der Waals surface area (Å²) in [6.07, 6.45) is 7.50. The molecule has 1 N–H and O–H groups in total. The zero-order valence-corrected chi connectivity index (χ0v) is 17.5. The standard InChI is InChI=1S/C21H21ClFNO4S/c1-29(27,28)18-10-15(23)9-17-16-7-4-13(8-19(25)26)20(16)24(21(17)18)11-12-2-5-14(22)6-3-12/h2,5,9-10,13H,3-4,6-8,11H2,1H3,(H,25,26)/t13-/m1/s1. The van der Waals surface area contributed by atoms with E-state index in [1.54, 1.807) is 0 Å². The molecular formula is C21H21ClFNO4S. The Kier molecular flexibility index (Phi) is 5.07. The second-order valence-electron chi connectivity index (χ2n) is 7.79. The van der Waals surface area contributed by atoms with Crippen LogP contribution >= 0.6 is 11.6 Å². The first-order valence-corrected chi connectivity index (χ1v) is 11.7. The first-order chi connectivity index (χ1) is 13.6. The minimum absolute atomic E-state index is 0.0369. The monoisotopic (exact) mass is 437 g/mol. The molecule has 4 rings (SSSR count). The van der Waals surface area contributed by atoms with E-state index < -0.39 is 21.6 Å². The van der Waals surface area contributed by atoms with Crippen molar-refractivity contribution in [1.29, 1.82) is 0 Å². The Balaban J connectivity index is 1.99. The van der Waals surface area contributed by atoms with E-state index in [9.17, 15) is 22.7 Å². The largest absolute Gasteiger partial charge is 0.481 e. The number of allylic oxidation sites excluding steroid dienone is 4. The van der Waals surface area contributed by atoms with Crippen LogP contribution in [-0.4, -0.2) is 30.3 Å². The molecule has 2 aliphatic rings. The van der Waals surface area contributed by atoms with E-state index in [-0.39, 0.29) is 17.2 Å². The molecule has 0 bridgehead atoms. The number of sulfone groups is 1. The van der Waals surface area contributed by atoms with E-state index in [4.69, 9.17) is 11.6 Å². The van der Waals surface area contributed by atoms with Crippen LogP contribution in [-0.2, 0) is 27.6 Å². The molecule has 0 radical (unpaired) electrons. The minimum atomic E-state index is -3.68. The van der Waals surface area contributed by atoms with Crippen LogP contribution in [0.5, 0.6) is 0 Å². The molecule has 154 valence electrons. The van der Waals surface area contributed by atoms with Gasteiger partial charge in [-0.2, -0.15) is 0 Å². The molecule has 1 heterocycles. The van der Waals surface area contributed by atoms with E-state index in [1.165, 1.54) is 6.07 Å². The number of aryl methyl sites for hydroxylation is 1. The molecule has 0 saturated carbocycles. The first-order valence-electron chi connectivity index (χ1n) is 9.45. The van der Waals surface area contributed by atoms with Crippen LogP contribution < -0.4 is 0 Å². The summed E-state index contributed by atoms with van der Waals surface area (Å²) in [5.74, 6) is -1.74. The van der Waals surface area contributed by atoms with Crippen LogP contribution in [0.1, 0.15) is 42.9 Å². The van der Waals surface area contributed by atoms with Crippen molar-refractivity contribution in [3.63, 3.8) is 0 Å². The van der Waals surface area contributed by atoms with E-state index in [0.717, 1.165) is 40.6 Å². The van der Waals surface area contributed by atoms with E-state index >= 15 is 0 Å². The fraction of sp³-hybridized carbons (Fsp3) is 0.381. The number of benzene rings is 1. The highest BCUT2D eigenvalue weighted by atomic mass is 35.5. The van der Waals surface area contributed by atoms with Gasteiger partial charge in [-0.1, -0.05) is 23.3 Å². The molecule has 8 heteroatoms. The van der Waals surface area contributed by atoms with Gasteiger partial charge in [0.15, 0.2) is 9.84 Å². The van der Waals surface area contributed by atoms with Crippen molar-refractivity contribution in [3.05, 3.63) is 52.0 Å². The van der Waals surface area contributed by atoms with Crippen LogP contribution in [0, 0.1) is 5.82 Å². The lowest BCUT2D eigenvalue weighted by Crippen LogP contribution is -2.13. The number of carboxylic acid groups (broad SMARTS) is 1. The van der Waals surface area contributed by atoms with Gasteiger partial charge in [0.2, 0.25) is 0 Å². The summed E-state index contributed by atoms with van der Waals surface area (Å²) >= 11 is 6.06. The van der Waals surface area contributed by atoms with Gasteiger partial charge in [0, 0.05) is 34.8 Å². The Morgan fingerprint density at radius 3 is 2.66 bits per heavy atom. The second-order valence-corrected chi connectivity index (χ2v) is 10.3. The summed E-state index contributed by atoms with van der Waals surface area (Å²) in [6, 6.07) is 2.43. The third kappa shape index (κ3) is 3.73. The predicted octanol–water partition coefficient (Wildman–Crippen LogP) is 4.53. The summed E-state index contributed by atoms with van der Waals surface area (Å²) in [5, 5.41) is 10.7. The lowest BCUT2D eigenvalue weighted by Gasteiger charge is -2.19. The highest BCUT2D eigenvalue weighted by Crippen LogP contribution is 2.44. The highest BCUT2D eigenvalue weighted by molar-refractivity contribution is 7.91. The van der Waals surface area contributed by atoms with Crippen molar-refractivity contribution in [2.24, 2.45) is 0 Å². The number of carbonyl (C=O) groups is 1. The third-order valence-corrected chi connectivity index (χ3v) is 7.16. The number of aromatic nitrogens is 1. The average Bonchev–Trinajstić information content (AvgIpc) is 3.15. The normalized spacial score (nSPS) is 19.2. The maximum Gasteiger partial charge on any atom is 0.304 e. The van der Waals surface area contributed by atoms with Gasteiger partial charge >= 0.3 is 5.97 Å². The SMILES string of the molecule is CS(=O)(=O)c1cc(F)cc2c3c(n(CC4=CC=C(Cl)CC4)c12)[C@@H](CC(=O)O)CC3. The van der Waals surface area contributed by atoms with Crippen LogP contribution in [0.3, 0.4) is 0 Å². The van der Waals surface area contributed by atoms with Gasteiger partial charge in [-0.15, -0.1) is 0 Å². The van der Waals surface area contributed by atoms with Crippen LogP contribution in [0.25, 0.3) is 10.9 Å². The average molecular weight is 438 g/mol. The van der Waals surface area contributed by atoms with Crippen molar-refractivity contribution < 1.29 is 22.7 Å². The van der Waals surface area contributed by atoms with Gasteiger partial charge in [0.05, 0.1) is 16.8 Å². The first kappa shape index (κ1) is 20.2. The fourth-order valence-corrected chi connectivity index (χ4v) is 5.59. The van der Waals surface area contributed by atoms with Gasteiger partial charge in [-0.05, 0) is 49.5 Å². The summed E-state index contributed by atoms with van der Waals surface area (Å²) in [6.45, 7) is 0.427. The Morgan fingerprint density at radius 1 is 1.28 bits per heavy atom. The molecular weight excluding hydrogens is 417 g/mol. The van der Waals surface area contributed by atoms with Gasteiger partial charge in [-0.25, -0.2) is 12.8 Å². The van der Waals surface area contributed by atoms with E-state index in [1.807, 2.05) is 16.7 Å². The summed E-state index contributed by atoms with van der Waals surface area (Å²) in [7, 11) is -3.68. The Labute approximate surface area is 173 Å². The number of hydrogen-bond acceptors (Lipinski definition) is 3. The number of fused-ring (bicyclic) bond motifs is 3. The number of rotatable bonds is 5. The van der Waals surface area contributed by atoms with Gasteiger partial charge in [0.25, 0.3) is 0 Å². The number of hydrogen-bond donors (Lipinski definition) is 1. The molecule has 0 fully saturated rings. The molecule has 0 amide bonds. The number of aliphatic carboxylic acids is 1. The Bertz CT molecular complexity index is 1190. The fourth-order valence-electron chi connectivity index (χ4n) is 4.54. The summed E-state index contributed by atoms with van der Waals surface area (Å²) in [4.78, 5) is 11.3. The molecule has 2 aromatic rings. The third-order valence-electron chi connectivity index (χ3n) is 5.73. The number of nitrogens with zero attached hydrogens (tertiary/aromatic N) is 1. The molecule has 1 atom stereocenters. The van der Waals surface area contributed by atoms with E-state index in [0.29, 0.717) is 36.7 Å². The number of halogens is 2. The van der Waals surface area contributed by atoms with Crippen molar-refractivity contribution in [2.45, 2.75) is 49.5 Å². The highest BCUT2D eigenvalue weighted by Gasteiger charge is 2.33. The predicted molar refractivity (Wildman–Crippen MR) is 110 cm³/mol. The molecule has 1 aromatic heterocycles. The van der Waals surface area contributed by atoms with Crippen LogP contribution in [0.15, 0.2) is 39.8 Å². The topological polar surface area (TPSA) is 76.4 Å². The maximum atomic E-state index is 14.3. The van der Waals surface area contributed by atoms with Crippen molar-refractivity contribution in [3.8, 4) is 0 Å². The minimum Gasteiger partial charge on any atom is -0.481 e. The molecule has 5 nitrogen and oxygen atoms in total. The summed E-state index contributed by atoms with van der Waals surface area (Å²) < 4.78 is 41.1. The van der Waals surface area contributed by atoms with Crippen molar-refractivity contribution in [1.82, 2.24) is 4.57 Å². The number of carboxylic acids is 1. The van der Waals surface area contributed by atoms with Gasteiger partial charge in [0.1, 0.15) is 5.82 Å². The lowest BCUT2D eigenvalue weighted by atomic mass is 10.0. The summed E-state index contributed by atoms with van der Waals surface area (Å²) in [5.41, 5.74) is 3.22. The van der Waals surface area contributed by atoms with Crippen molar-refractivity contribution >= 4 is 38.3 Å². The molecule has 0 unspecified atom stereocenters. The van der Waals surface area contributed by atoms with Gasteiger partial charge in [-0.3, -0.25) is 4.79 Å². The molecule has 0 aliphatic heterocycles. The zero-order chi connectivity index (χ0) is 20.9. The quantitative estimate of drug-likeness (QED) is 0.745. The molecule has 29 heavy (non-hydrogen) atoms. The van der Waals surface area contributed by atoms with Crippen LogP contribution in [0.2, 0.25) is 0 Å². The molecule has 0 saturated heterocycles. The molecule has 0 spiro atoms.